The SMILES string of the molecule is COc1ccc(Nc2nc(C)cc(Nc3ccc(OC)cc3OC)n2)cc1. The van der Waals surface area contributed by atoms with Crippen LogP contribution in [0.25, 0.3) is 0 Å². The van der Waals surface area contributed by atoms with Crippen LogP contribution >= 0.6 is 0 Å². The number of rotatable bonds is 7. The minimum Gasteiger partial charge on any atom is -0.497 e. The van der Waals surface area contributed by atoms with Crippen molar-refractivity contribution in [1.29, 1.82) is 0 Å². The van der Waals surface area contributed by atoms with Crippen molar-refractivity contribution in [3.63, 3.8) is 0 Å². The molecule has 0 atom stereocenters. The van der Waals surface area contributed by atoms with E-state index in [0.29, 0.717) is 17.5 Å². The molecule has 7 heteroatoms. The number of nitrogens with one attached hydrogen (secondary N) is 2. The lowest BCUT2D eigenvalue weighted by Gasteiger charge is -2.13. The van der Waals surface area contributed by atoms with Crippen molar-refractivity contribution in [2.75, 3.05) is 32.0 Å². The van der Waals surface area contributed by atoms with Gasteiger partial charge in [0.2, 0.25) is 5.95 Å². The first-order chi connectivity index (χ1) is 13.1. The molecule has 0 unspecified atom stereocenters. The van der Waals surface area contributed by atoms with E-state index in [1.54, 1.807) is 21.3 Å². The number of nitrogens with zero attached hydrogens (tertiary/aromatic N) is 2. The van der Waals surface area contributed by atoms with Crippen molar-refractivity contribution in [2.24, 2.45) is 0 Å². The smallest absolute Gasteiger partial charge is 0.229 e. The predicted octanol–water partition coefficient (Wildman–Crippen LogP) is 4.30. The zero-order valence-electron chi connectivity index (χ0n) is 15.7. The lowest BCUT2D eigenvalue weighted by atomic mass is 10.2. The van der Waals surface area contributed by atoms with Crippen molar-refractivity contribution in [3.05, 3.63) is 54.2 Å². The Morgan fingerprint density at radius 3 is 2.11 bits per heavy atom. The lowest BCUT2D eigenvalue weighted by molar-refractivity contribution is 0.395. The molecule has 3 aromatic rings. The molecular formula is C20H22N4O3. The Morgan fingerprint density at radius 2 is 1.44 bits per heavy atom. The van der Waals surface area contributed by atoms with E-state index in [0.717, 1.165) is 28.6 Å². The van der Waals surface area contributed by atoms with Crippen LogP contribution in [0.5, 0.6) is 17.2 Å². The Labute approximate surface area is 158 Å². The van der Waals surface area contributed by atoms with Crippen molar-refractivity contribution < 1.29 is 14.2 Å². The fourth-order valence-corrected chi connectivity index (χ4v) is 2.53. The summed E-state index contributed by atoms with van der Waals surface area (Å²) in [5.41, 5.74) is 2.48. The number of aryl methyl sites for hydroxylation is 1. The van der Waals surface area contributed by atoms with Gasteiger partial charge in [0.15, 0.2) is 0 Å². The van der Waals surface area contributed by atoms with Crippen LogP contribution in [0.4, 0.5) is 23.1 Å². The van der Waals surface area contributed by atoms with E-state index in [9.17, 15) is 0 Å². The highest BCUT2D eigenvalue weighted by Crippen LogP contribution is 2.31. The number of benzene rings is 2. The van der Waals surface area contributed by atoms with Crippen LogP contribution in [0.1, 0.15) is 5.69 Å². The molecule has 0 aliphatic rings. The molecule has 2 aromatic carbocycles. The highest BCUT2D eigenvalue weighted by molar-refractivity contribution is 5.67. The summed E-state index contributed by atoms with van der Waals surface area (Å²) in [7, 11) is 4.87. The molecule has 0 fully saturated rings. The average molecular weight is 366 g/mol. The summed E-state index contributed by atoms with van der Waals surface area (Å²) in [5.74, 6) is 3.32. The molecule has 1 heterocycles. The summed E-state index contributed by atoms with van der Waals surface area (Å²) in [6, 6.07) is 15.0. The van der Waals surface area contributed by atoms with Gasteiger partial charge in [-0.2, -0.15) is 4.98 Å². The first-order valence-electron chi connectivity index (χ1n) is 8.37. The quantitative estimate of drug-likeness (QED) is 0.645. The molecule has 0 radical (unpaired) electrons. The van der Waals surface area contributed by atoms with Gasteiger partial charge in [0, 0.05) is 23.5 Å². The highest BCUT2D eigenvalue weighted by Gasteiger charge is 2.08. The van der Waals surface area contributed by atoms with E-state index in [-0.39, 0.29) is 0 Å². The number of anilines is 4. The summed E-state index contributed by atoms with van der Waals surface area (Å²) in [4.78, 5) is 8.97. The maximum atomic E-state index is 5.42. The Bertz CT molecular complexity index is 914. The van der Waals surface area contributed by atoms with Gasteiger partial charge < -0.3 is 24.8 Å². The molecule has 0 amide bonds. The van der Waals surface area contributed by atoms with Gasteiger partial charge in [-0.15, -0.1) is 0 Å². The normalized spacial score (nSPS) is 10.2. The minimum absolute atomic E-state index is 0.496. The maximum Gasteiger partial charge on any atom is 0.229 e. The summed E-state index contributed by atoms with van der Waals surface area (Å²) < 4.78 is 15.8. The first kappa shape index (κ1) is 18.3. The van der Waals surface area contributed by atoms with E-state index in [1.165, 1.54) is 0 Å². The van der Waals surface area contributed by atoms with Gasteiger partial charge in [-0.1, -0.05) is 0 Å². The van der Waals surface area contributed by atoms with Crippen LogP contribution in [0.2, 0.25) is 0 Å². The summed E-state index contributed by atoms with van der Waals surface area (Å²) in [6.45, 7) is 1.91. The molecule has 7 nitrogen and oxygen atoms in total. The molecule has 0 spiro atoms. The van der Waals surface area contributed by atoms with E-state index < -0.39 is 0 Å². The Balaban J connectivity index is 1.82. The van der Waals surface area contributed by atoms with Crippen LogP contribution in [0.15, 0.2) is 48.5 Å². The second-order valence-electron chi connectivity index (χ2n) is 5.76. The Hall–Kier alpha value is -3.48. The fourth-order valence-electron chi connectivity index (χ4n) is 2.53. The minimum atomic E-state index is 0.496. The van der Waals surface area contributed by atoms with Crippen molar-refractivity contribution in [2.45, 2.75) is 6.92 Å². The average Bonchev–Trinajstić information content (AvgIpc) is 2.68. The second kappa shape index (κ2) is 8.27. The third kappa shape index (κ3) is 4.58. The Morgan fingerprint density at radius 1 is 0.741 bits per heavy atom. The molecule has 0 bridgehead atoms. The fraction of sp³-hybridized carbons (Fsp3) is 0.200. The van der Waals surface area contributed by atoms with Gasteiger partial charge in [0.25, 0.3) is 0 Å². The summed E-state index contributed by atoms with van der Waals surface area (Å²) >= 11 is 0. The van der Waals surface area contributed by atoms with Crippen molar-refractivity contribution >= 4 is 23.1 Å². The van der Waals surface area contributed by atoms with Gasteiger partial charge in [-0.05, 0) is 43.3 Å². The largest absolute Gasteiger partial charge is 0.497 e. The molecular weight excluding hydrogens is 344 g/mol. The van der Waals surface area contributed by atoms with E-state index in [2.05, 4.69) is 20.6 Å². The molecule has 0 aliphatic carbocycles. The first-order valence-corrected chi connectivity index (χ1v) is 8.37. The van der Waals surface area contributed by atoms with E-state index >= 15 is 0 Å². The van der Waals surface area contributed by atoms with Crippen LogP contribution < -0.4 is 24.8 Å². The topological polar surface area (TPSA) is 77.5 Å². The molecule has 1 aromatic heterocycles. The van der Waals surface area contributed by atoms with E-state index in [1.807, 2.05) is 55.5 Å². The van der Waals surface area contributed by atoms with Gasteiger partial charge >= 0.3 is 0 Å². The number of aromatic nitrogens is 2. The molecule has 140 valence electrons. The van der Waals surface area contributed by atoms with Gasteiger partial charge in [0.1, 0.15) is 23.1 Å². The third-order valence-corrected chi connectivity index (χ3v) is 3.87. The van der Waals surface area contributed by atoms with Gasteiger partial charge in [-0.25, -0.2) is 4.98 Å². The standard InChI is InChI=1S/C20H22N4O3/c1-13-11-19(23-17-10-9-16(26-3)12-18(17)27-4)24-20(21-13)22-14-5-7-15(25-2)8-6-14/h5-12H,1-4H3,(H2,21,22,23,24). The zero-order chi connectivity index (χ0) is 19.2. The monoisotopic (exact) mass is 366 g/mol. The molecule has 0 saturated carbocycles. The summed E-state index contributed by atoms with van der Waals surface area (Å²) in [6.07, 6.45) is 0. The van der Waals surface area contributed by atoms with Crippen LogP contribution in [-0.2, 0) is 0 Å². The molecule has 0 saturated heterocycles. The van der Waals surface area contributed by atoms with Gasteiger partial charge in [0.05, 0.1) is 27.0 Å². The maximum absolute atomic E-state index is 5.42. The molecule has 3 rings (SSSR count). The highest BCUT2D eigenvalue weighted by atomic mass is 16.5. The molecule has 2 N–H and O–H groups in total. The lowest BCUT2D eigenvalue weighted by Crippen LogP contribution is -2.03. The van der Waals surface area contributed by atoms with Crippen molar-refractivity contribution in [3.8, 4) is 17.2 Å². The third-order valence-electron chi connectivity index (χ3n) is 3.87. The van der Waals surface area contributed by atoms with Crippen LogP contribution in [0.3, 0.4) is 0 Å². The van der Waals surface area contributed by atoms with E-state index in [4.69, 9.17) is 14.2 Å². The molecule has 0 aliphatic heterocycles. The number of methoxy groups -OCH3 is 3. The Kier molecular flexibility index (Phi) is 5.61. The predicted molar refractivity (Wildman–Crippen MR) is 106 cm³/mol. The molecule has 27 heavy (non-hydrogen) atoms. The number of hydrogen-bond acceptors (Lipinski definition) is 7. The number of ether oxygens (including phenoxy) is 3. The van der Waals surface area contributed by atoms with Crippen molar-refractivity contribution in [1.82, 2.24) is 9.97 Å². The van der Waals surface area contributed by atoms with Crippen LogP contribution in [-0.4, -0.2) is 31.3 Å². The number of hydrogen-bond donors (Lipinski definition) is 2. The zero-order valence-corrected chi connectivity index (χ0v) is 15.7. The van der Waals surface area contributed by atoms with Gasteiger partial charge in [-0.3, -0.25) is 0 Å². The second-order valence-corrected chi connectivity index (χ2v) is 5.76. The van der Waals surface area contributed by atoms with Crippen LogP contribution in [0, 0.1) is 6.92 Å². The summed E-state index contributed by atoms with van der Waals surface area (Å²) in [5, 5.41) is 6.47.